The van der Waals surface area contributed by atoms with Crippen LogP contribution in [0.3, 0.4) is 0 Å². The molecular weight excluding hydrogens is 279 g/mol. The summed E-state index contributed by atoms with van der Waals surface area (Å²) in [5.74, 6) is -3.09. The summed E-state index contributed by atoms with van der Waals surface area (Å²) in [5.41, 5.74) is 0.0223. The Morgan fingerprint density at radius 3 is 2.47 bits per heavy atom. The van der Waals surface area contributed by atoms with Gasteiger partial charge in [0.15, 0.2) is 0 Å². The lowest BCUT2D eigenvalue weighted by atomic mass is 10.2. The van der Waals surface area contributed by atoms with Gasteiger partial charge in [-0.1, -0.05) is 11.6 Å². The lowest BCUT2D eigenvalue weighted by Crippen LogP contribution is -2.39. The molecule has 0 atom stereocenters. The van der Waals surface area contributed by atoms with E-state index in [4.69, 9.17) is 16.7 Å². The molecule has 0 saturated heterocycles. The number of hydrogen-bond donors (Lipinski definition) is 3. The zero-order valence-electron chi connectivity index (χ0n) is 9.57. The Labute approximate surface area is 112 Å². The predicted octanol–water partition coefficient (Wildman–Crippen LogP) is 0.410. The standard InChI is InChI=1S/C11H10ClFN2O4/c12-8-3-6(13)1-2-7(8)11(19)15-4-9(16)14-5-10(17)18/h1-3H,4-5H2,(H,14,16)(H,15,19)(H,17,18). The van der Waals surface area contributed by atoms with E-state index in [0.717, 1.165) is 12.1 Å². The molecule has 0 unspecified atom stereocenters. The maximum Gasteiger partial charge on any atom is 0.322 e. The van der Waals surface area contributed by atoms with Crippen molar-refractivity contribution in [2.24, 2.45) is 0 Å². The first-order valence-electron chi connectivity index (χ1n) is 5.12. The second kappa shape index (κ2) is 6.69. The van der Waals surface area contributed by atoms with Crippen LogP contribution in [-0.2, 0) is 9.59 Å². The van der Waals surface area contributed by atoms with Crippen LogP contribution >= 0.6 is 11.6 Å². The van der Waals surface area contributed by atoms with Gasteiger partial charge < -0.3 is 15.7 Å². The molecule has 19 heavy (non-hydrogen) atoms. The van der Waals surface area contributed by atoms with Gasteiger partial charge in [0.2, 0.25) is 5.91 Å². The van der Waals surface area contributed by atoms with E-state index in [2.05, 4.69) is 10.6 Å². The van der Waals surface area contributed by atoms with Crippen molar-refractivity contribution in [2.75, 3.05) is 13.1 Å². The van der Waals surface area contributed by atoms with Crippen molar-refractivity contribution in [3.8, 4) is 0 Å². The highest BCUT2D eigenvalue weighted by Gasteiger charge is 2.12. The summed E-state index contributed by atoms with van der Waals surface area (Å²) >= 11 is 5.66. The van der Waals surface area contributed by atoms with Crippen LogP contribution in [0, 0.1) is 5.82 Å². The van der Waals surface area contributed by atoms with Crippen molar-refractivity contribution in [3.05, 3.63) is 34.6 Å². The minimum atomic E-state index is -1.19. The third-order valence-electron chi connectivity index (χ3n) is 2.02. The van der Waals surface area contributed by atoms with Crippen LogP contribution < -0.4 is 10.6 Å². The van der Waals surface area contributed by atoms with E-state index < -0.39 is 36.7 Å². The summed E-state index contributed by atoms with van der Waals surface area (Å²) in [6.07, 6.45) is 0. The first-order valence-corrected chi connectivity index (χ1v) is 5.49. The van der Waals surface area contributed by atoms with Crippen LogP contribution in [0.2, 0.25) is 5.02 Å². The van der Waals surface area contributed by atoms with Crippen molar-refractivity contribution >= 4 is 29.4 Å². The fourth-order valence-corrected chi connectivity index (χ4v) is 1.42. The van der Waals surface area contributed by atoms with Crippen LogP contribution in [0.4, 0.5) is 4.39 Å². The number of amides is 2. The summed E-state index contributed by atoms with van der Waals surface area (Å²) in [5, 5.41) is 12.5. The lowest BCUT2D eigenvalue weighted by Gasteiger charge is -2.06. The molecule has 0 aliphatic rings. The van der Waals surface area contributed by atoms with Gasteiger partial charge in [-0.05, 0) is 18.2 Å². The third kappa shape index (κ3) is 4.92. The maximum absolute atomic E-state index is 12.8. The molecule has 0 heterocycles. The molecule has 3 N–H and O–H groups in total. The van der Waals surface area contributed by atoms with Gasteiger partial charge in [-0.2, -0.15) is 0 Å². The minimum Gasteiger partial charge on any atom is -0.480 e. The number of rotatable bonds is 5. The molecule has 0 saturated carbocycles. The molecule has 102 valence electrons. The van der Waals surface area contributed by atoms with Crippen molar-refractivity contribution in [1.29, 1.82) is 0 Å². The van der Waals surface area contributed by atoms with E-state index in [9.17, 15) is 18.8 Å². The molecule has 0 fully saturated rings. The highest BCUT2D eigenvalue weighted by atomic mass is 35.5. The number of halogens is 2. The van der Waals surface area contributed by atoms with Crippen molar-refractivity contribution < 1.29 is 23.9 Å². The van der Waals surface area contributed by atoms with Gasteiger partial charge >= 0.3 is 5.97 Å². The molecule has 1 aromatic carbocycles. The summed E-state index contributed by atoms with van der Waals surface area (Å²) in [4.78, 5) is 32.9. The van der Waals surface area contributed by atoms with Gasteiger partial charge in [0, 0.05) is 0 Å². The van der Waals surface area contributed by atoms with E-state index in [0.29, 0.717) is 0 Å². The summed E-state index contributed by atoms with van der Waals surface area (Å²) < 4.78 is 12.8. The van der Waals surface area contributed by atoms with Crippen LogP contribution in [0.25, 0.3) is 0 Å². The molecule has 8 heteroatoms. The molecule has 0 spiro atoms. The number of nitrogens with one attached hydrogen (secondary N) is 2. The Morgan fingerprint density at radius 1 is 1.21 bits per heavy atom. The molecule has 1 aromatic rings. The Kier molecular flexibility index (Phi) is 5.25. The van der Waals surface area contributed by atoms with Gasteiger partial charge in [0.25, 0.3) is 5.91 Å². The van der Waals surface area contributed by atoms with E-state index >= 15 is 0 Å². The zero-order valence-corrected chi connectivity index (χ0v) is 10.3. The van der Waals surface area contributed by atoms with Crippen LogP contribution in [0.1, 0.15) is 10.4 Å². The maximum atomic E-state index is 12.8. The Hall–Kier alpha value is -2.15. The van der Waals surface area contributed by atoms with Crippen molar-refractivity contribution in [1.82, 2.24) is 10.6 Å². The molecule has 0 radical (unpaired) electrons. The number of carboxylic acids is 1. The second-order valence-corrected chi connectivity index (χ2v) is 3.88. The first kappa shape index (κ1) is 14.9. The van der Waals surface area contributed by atoms with E-state index in [1.165, 1.54) is 6.07 Å². The average molecular weight is 289 g/mol. The summed E-state index contributed by atoms with van der Waals surface area (Å²) in [6.45, 7) is -0.939. The predicted molar refractivity (Wildman–Crippen MR) is 64.4 cm³/mol. The highest BCUT2D eigenvalue weighted by Crippen LogP contribution is 2.16. The Bertz CT molecular complexity index is 521. The molecule has 0 aliphatic carbocycles. The fraction of sp³-hybridized carbons (Fsp3) is 0.182. The monoisotopic (exact) mass is 288 g/mol. The molecule has 0 aromatic heterocycles. The Balaban J connectivity index is 2.51. The average Bonchev–Trinajstić information content (AvgIpc) is 2.33. The van der Waals surface area contributed by atoms with E-state index in [-0.39, 0.29) is 10.6 Å². The molecule has 0 bridgehead atoms. The van der Waals surface area contributed by atoms with Crippen molar-refractivity contribution in [3.63, 3.8) is 0 Å². The lowest BCUT2D eigenvalue weighted by molar-refractivity contribution is -0.137. The topological polar surface area (TPSA) is 95.5 Å². The van der Waals surface area contributed by atoms with Crippen molar-refractivity contribution in [2.45, 2.75) is 0 Å². The molecule has 0 aliphatic heterocycles. The number of carbonyl (C=O) groups excluding carboxylic acids is 2. The largest absolute Gasteiger partial charge is 0.480 e. The second-order valence-electron chi connectivity index (χ2n) is 3.48. The van der Waals surface area contributed by atoms with Gasteiger partial charge in [0.1, 0.15) is 12.4 Å². The number of carboxylic acid groups (broad SMARTS) is 1. The number of hydrogen-bond acceptors (Lipinski definition) is 3. The van der Waals surface area contributed by atoms with Crippen LogP contribution in [-0.4, -0.2) is 36.0 Å². The number of carbonyl (C=O) groups is 3. The normalized spacial score (nSPS) is 9.79. The SMILES string of the molecule is O=C(O)CNC(=O)CNC(=O)c1ccc(F)cc1Cl. The van der Waals surface area contributed by atoms with Crippen LogP contribution in [0.15, 0.2) is 18.2 Å². The third-order valence-corrected chi connectivity index (χ3v) is 2.33. The van der Waals surface area contributed by atoms with Gasteiger partial charge in [0.05, 0.1) is 17.1 Å². The smallest absolute Gasteiger partial charge is 0.322 e. The van der Waals surface area contributed by atoms with E-state index in [1.54, 1.807) is 0 Å². The molecule has 6 nitrogen and oxygen atoms in total. The molecular formula is C11H10ClFN2O4. The minimum absolute atomic E-state index is 0.0223. The number of benzene rings is 1. The van der Waals surface area contributed by atoms with Gasteiger partial charge in [-0.15, -0.1) is 0 Å². The number of aliphatic carboxylic acids is 1. The van der Waals surface area contributed by atoms with Crippen LogP contribution in [0.5, 0.6) is 0 Å². The summed E-state index contributed by atoms with van der Waals surface area (Å²) in [7, 11) is 0. The quantitative estimate of drug-likeness (QED) is 0.731. The summed E-state index contributed by atoms with van der Waals surface area (Å²) in [6, 6.07) is 3.22. The first-order chi connectivity index (χ1) is 8.90. The fourth-order valence-electron chi connectivity index (χ4n) is 1.17. The van der Waals surface area contributed by atoms with Gasteiger partial charge in [-0.25, -0.2) is 4.39 Å². The van der Waals surface area contributed by atoms with E-state index in [1.807, 2.05) is 0 Å². The Morgan fingerprint density at radius 2 is 1.89 bits per heavy atom. The molecule has 2 amide bonds. The highest BCUT2D eigenvalue weighted by molar-refractivity contribution is 6.33. The van der Waals surface area contributed by atoms with Gasteiger partial charge in [-0.3, -0.25) is 14.4 Å². The zero-order chi connectivity index (χ0) is 14.4. The molecule has 1 rings (SSSR count).